The molecule has 8 heteroatoms. The lowest BCUT2D eigenvalue weighted by Crippen LogP contribution is -2.45. The summed E-state index contributed by atoms with van der Waals surface area (Å²) in [7, 11) is 0. The first-order valence-electron chi connectivity index (χ1n) is 7.81. The quantitative estimate of drug-likeness (QED) is 0.474. The minimum atomic E-state index is -0.777. The van der Waals surface area contributed by atoms with E-state index in [-0.39, 0.29) is 23.6 Å². The van der Waals surface area contributed by atoms with Gasteiger partial charge in [0.1, 0.15) is 12.1 Å². The maximum Gasteiger partial charge on any atom is 0.282 e. The van der Waals surface area contributed by atoms with Gasteiger partial charge in [-0.25, -0.2) is 0 Å². The molecule has 0 atom stereocenters. The van der Waals surface area contributed by atoms with Crippen molar-refractivity contribution in [2.24, 2.45) is 5.92 Å². The maximum atomic E-state index is 12.4. The zero-order valence-electron chi connectivity index (χ0n) is 13.2. The predicted octanol–water partition coefficient (Wildman–Crippen LogP) is 1.45. The summed E-state index contributed by atoms with van der Waals surface area (Å²) in [6, 6.07) is 3.91. The van der Waals surface area contributed by atoms with E-state index in [1.165, 1.54) is 18.2 Å². The van der Waals surface area contributed by atoms with Crippen molar-refractivity contribution in [1.29, 1.82) is 0 Å². The molecule has 0 aromatic heterocycles. The molecule has 1 fully saturated rings. The molecule has 0 radical (unpaired) electrons. The number of hydrogen-bond acceptors (Lipinski definition) is 5. The predicted molar refractivity (Wildman–Crippen MR) is 83.4 cm³/mol. The Labute approximate surface area is 138 Å². The van der Waals surface area contributed by atoms with Gasteiger partial charge in [-0.05, 0) is 24.8 Å². The van der Waals surface area contributed by atoms with Crippen LogP contribution >= 0.6 is 0 Å². The number of carbonyl (C=O) groups is 3. The number of fused-ring (bicyclic) bond motifs is 1. The third kappa shape index (κ3) is 2.64. The topological polar surface area (TPSA) is 101 Å². The number of imide groups is 1. The fraction of sp³-hybridized carbons (Fsp3) is 0.438. The summed E-state index contributed by atoms with van der Waals surface area (Å²) < 4.78 is 0. The van der Waals surface area contributed by atoms with Crippen LogP contribution in [0.25, 0.3) is 0 Å². The van der Waals surface area contributed by atoms with Crippen molar-refractivity contribution >= 4 is 23.4 Å². The number of benzene rings is 1. The number of nitro groups is 1. The largest absolute Gasteiger partial charge is 0.341 e. The van der Waals surface area contributed by atoms with E-state index >= 15 is 0 Å². The zero-order valence-corrected chi connectivity index (χ0v) is 13.2. The van der Waals surface area contributed by atoms with Crippen LogP contribution in [0.3, 0.4) is 0 Å². The Hall–Kier alpha value is -2.77. The van der Waals surface area contributed by atoms with Crippen molar-refractivity contribution in [2.75, 3.05) is 19.6 Å². The smallest absolute Gasteiger partial charge is 0.282 e. The van der Waals surface area contributed by atoms with Crippen LogP contribution in [0.15, 0.2) is 18.2 Å². The second-order valence-electron chi connectivity index (χ2n) is 6.22. The van der Waals surface area contributed by atoms with E-state index in [1.807, 2.05) is 0 Å². The van der Waals surface area contributed by atoms with E-state index in [1.54, 1.807) is 4.90 Å². The van der Waals surface area contributed by atoms with Gasteiger partial charge in [0.25, 0.3) is 17.5 Å². The highest BCUT2D eigenvalue weighted by Crippen LogP contribution is 2.30. The molecule has 126 valence electrons. The van der Waals surface area contributed by atoms with Crippen LogP contribution in [-0.4, -0.2) is 52.1 Å². The molecule has 24 heavy (non-hydrogen) atoms. The van der Waals surface area contributed by atoms with Gasteiger partial charge in [0.2, 0.25) is 5.91 Å². The SMILES string of the molecule is CC1CCN(C(=O)CN2C(=O)c3cccc([N+](=O)[O-])c3C2=O)CC1. The summed E-state index contributed by atoms with van der Waals surface area (Å²) in [4.78, 5) is 50.0. The summed E-state index contributed by atoms with van der Waals surface area (Å²) in [6.07, 6.45) is 1.78. The first-order chi connectivity index (χ1) is 11.4. The number of piperidine rings is 1. The number of hydrogen-bond donors (Lipinski definition) is 0. The van der Waals surface area contributed by atoms with Gasteiger partial charge in [-0.1, -0.05) is 13.0 Å². The third-order valence-corrected chi connectivity index (χ3v) is 4.60. The Morgan fingerprint density at radius 3 is 2.54 bits per heavy atom. The minimum absolute atomic E-state index is 0.0192. The molecular formula is C16H17N3O5. The number of carbonyl (C=O) groups excluding carboxylic acids is 3. The number of rotatable bonds is 3. The zero-order chi connectivity index (χ0) is 17.4. The van der Waals surface area contributed by atoms with E-state index in [2.05, 4.69) is 6.92 Å². The van der Waals surface area contributed by atoms with Gasteiger partial charge >= 0.3 is 0 Å². The summed E-state index contributed by atoms with van der Waals surface area (Å²) in [5.41, 5.74) is -0.658. The van der Waals surface area contributed by atoms with Crippen LogP contribution in [0.1, 0.15) is 40.5 Å². The van der Waals surface area contributed by atoms with Crippen molar-refractivity contribution in [3.8, 4) is 0 Å². The van der Waals surface area contributed by atoms with Crippen molar-refractivity contribution < 1.29 is 19.3 Å². The first-order valence-corrected chi connectivity index (χ1v) is 7.81. The standard InChI is InChI=1S/C16H17N3O5/c1-10-5-7-17(8-6-10)13(20)9-18-15(21)11-3-2-4-12(19(23)24)14(11)16(18)22/h2-4,10H,5-9H2,1H3. The van der Waals surface area contributed by atoms with Crippen molar-refractivity contribution in [2.45, 2.75) is 19.8 Å². The Bertz CT molecular complexity index is 737. The molecule has 0 aliphatic carbocycles. The lowest BCUT2D eigenvalue weighted by Gasteiger charge is -2.31. The molecule has 1 saturated heterocycles. The molecule has 3 amide bonds. The first kappa shape index (κ1) is 16.1. The third-order valence-electron chi connectivity index (χ3n) is 4.60. The summed E-state index contributed by atoms with van der Waals surface area (Å²) >= 11 is 0. The highest BCUT2D eigenvalue weighted by Gasteiger charge is 2.42. The normalized spacial score (nSPS) is 18.0. The van der Waals surface area contributed by atoms with Crippen molar-refractivity contribution in [3.05, 3.63) is 39.4 Å². The van der Waals surface area contributed by atoms with Crippen LogP contribution in [0.2, 0.25) is 0 Å². The average molecular weight is 331 g/mol. The second-order valence-corrected chi connectivity index (χ2v) is 6.22. The van der Waals surface area contributed by atoms with Crippen LogP contribution in [0.5, 0.6) is 0 Å². The minimum Gasteiger partial charge on any atom is -0.341 e. The highest BCUT2D eigenvalue weighted by molar-refractivity contribution is 6.24. The van der Waals surface area contributed by atoms with Crippen LogP contribution < -0.4 is 0 Å². The second kappa shape index (κ2) is 6.03. The lowest BCUT2D eigenvalue weighted by atomic mass is 9.99. The molecule has 0 bridgehead atoms. The van der Waals surface area contributed by atoms with Crippen LogP contribution in [0, 0.1) is 16.0 Å². The van der Waals surface area contributed by atoms with E-state index in [9.17, 15) is 24.5 Å². The highest BCUT2D eigenvalue weighted by atomic mass is 16.6. The molecule has 2 aliphatic rings. The fourth-order valence-electron chi connectivity index (χ4n) is 3.10. The molecule has 0 spiro atoms. The average Bonchev–Trinajstić information content (AvgIpc) is 2.80. The molecular weight excluding hydrogens is 314 g/mol. The van der Waals surface area contributed by atoms with Gasteiger partial charge in [0.15, 0.2) is 0 Å². The number of nitro benzene ring substituents is 1. The number of amides is 3. The van der Waals surface area contributed by atoms with Crippen LogP contribution in [0.4, 0.5) is 5.69 Å². The van der Waals surface area contributed by atoms with E-state index < -0.39 is 22.4 Å². The molecule has 8 nitrogen and oxygen atoms in total. The molecule has 2 aliphatic heterocycles. The fourth-order valence-corrected chi connectivity index (χ4v) is 3.10. The monoisotopic (exact) mass is 331 g/mol. The van der Waals surface area contributed by atoms with Crippen molar-refractivity contribution in [3.63, 3.8) is 0 Å². The summed E-state index contributed by atoms with van der Waals surface area (Å²) in [5.74, 6) is -1.19. The molecule has 1 aromatic carbocycles. The van der Waals surface area contributed by atoms with Gasteiger partial charge in [0, 0.05) is 19.2 Å². The molecule has 1 aromatic rings. The van der Waals surface area contributed by atoms with E-state index in [0.29, 0.717) is 19.0 Å². The van der Waals surface area contributed by atoms with Gasteiger partial charge in [-0.2, -0.15) is 0 Å². The molecule has 2 heterocycles. The number of nitrogens with zero attached hydrogens (tertiary/aromatic N) is 3. The van der Waals surface area contributed by atoms with Crippen LogP contribution in [-0.2, 0) is 4.79 Å². The van der Waals surface area contributed by atoms with E-state index in [4.69, 9.17) is 0 Å². The van der Waals surface area contributed by atoms with Gasteiger partial charge in [-0.3, -0.25) is 29.4 Å². The van der Waals surface area contributed by atoms with Gasteiger partial charge in [-0.15, -0.1) is 0 Å². The van der Waals surface area contributed by atoms with Crippen molar-refractivity contribution in [1.82, 2.24) is 9.80 Å². The maximum absolute atomic E-state index is 12.4. The Morgan fingerprint density at radius 1 is 1.25 bits per heavy atom. The van der Waals surface area contributed by atoms with Gasteiger partial charge < -0.3 is 4.90 Å². The van der Waals surface area contributed by atoms with Gasteiger partial charge in [0.05, 0.1) is 10.5 Å². The molecule has 0 N–H and O–H groups in total. The number of likely N-dealkylation sites (tertiary alicyclic amines) is 1. The summed E-state index contributed by atoms with van der Waals surface area (Å²) in [6.45, 7) is 2.94. The molecule has 0 unspecified atom stereocenters. The Morgan fingerprint density at radius 2 is 1.92 bits per heavy atom. The Balaban J connectivity index is 1.80. The summed E-state index contributed by atoms with van der Waals surface area (Å²) in [5, 5.41) is 11.1. The van der Waals surface area contributed by atoms with E-state index in [0.717, 1.165) is 17.7 Å². The molecule has 3 rings (SSSR count). The Kier molecular flexibility index (Phi) is 4.04. The molecule has 0 saturated carbocycles. The lowest BCUT2D eigenvalue weighted by molar-refractivity contribution is -0.385.